The van der Waals surface area contributed by atoms with Crippen LogP contribution in [0.1, 0.15) is 54.0 Å². The number of hydrogen-bond acceptors (Lipinski definition) is 5. The third-order valence-corrected chi connectivity index (χ3v) is 6.37. The normalized spacial score (nSPS) is 20.9. The van der Waals surface area contributed by atoms with Crippen LogP contribution in [0.15, 0.2) is 53.1 Å². The molecule has 2 fully saturated rings. The van der Waals surface area contributed by atoms with Gasteiger partial charge in [-0.05, 0) is 37.6 Å². The van der Waals surface area contributed by atoms with Crippen LogP contribution in [0.3, 0.4) is 0 Å². The number of amides is 3. The Labute approximate surface area is 187 Å². The summed E-state index contributed by atoms with van der Waals surface area (Å²) in [5, 5.41) is 2.99. The minimum absolute atomic E-state index is 0.000456. The Balaban J connectivity index is 1.57. The first-order valence-electron chi connectivity index (χ1n) is 11.1. The summed E-state index contributed by atoms with van der Waals surface area (Å²) in [6.07, 6.45) is 3.11. The van der Waals surface area contributed by atoms with Gasteiger partial charge in [-0.2, -0.15) is 0 Å². The topological polar surface area (TPSA) is 92.1 Å². The monoisotopic (exact) mass is 439 g/mol. The van der Waals surface area contributed by atoms with Crippen molar-refractivity contribution in [3.63, 3.8) is 0 Å². The largest absolute Gasteiger partial charge is 0.459 e. The molecular formula is C24H29N3O5. The van der Waals surface area contributed by atoms with E-state index in [1.54, 1.807) is 46.2 Å². The molecule has 3 amide bonds. The van der Waals surface area contributed by atoms with Gasteiger partial charge in [-0.1, -0.05) is 25.1 Å². The van der Waals surface area contributed by atoms with E-state index in [2.05, 4.69) is 5.32 Å². The van der Waals surface area contributed by atoms with Gasteiger partial charge in [-0.3, -0.25) is 19.3 Å². The van der Waals surface area contributed by atoms with Crippen molar-refractivity contribution in [1.82, 2.24) is 15.1 Å². The molecule has 2 aromatic rings. The third-order valence-electron chi connectivity index (χ3n) is 6.37. The van der Waals surface area contributed by atoms with Crippen LogP contribution in [-0.2, 0) is 9.53 Å². The van der Waals surface area contributed by atoms with Crippen LogP contribution in [0.2, 0.25) is 0 Å². The summed E-state index contributed by atoms with van der Waals surface area (Å²) in [6.45, 7) is 4.87. The number of likely N-dealkylation sites (tertiary alicyclic amines) is 1. The van der Waals surface area contributed by atoms with E-state index in [1.165, 1.54) is 6.26 Å². The van der Waals surface area contributed by atoms with E-state index in [-0.39, 0.29) is 36.1 Å². The van der Waals surface area contributed by atoms with E-state index in [4.69, 9.17) is 9.15 Å². The van der Waals surface area contributed by atoms with Gasteiger partial charge >= 0.3 is 0 Å². The second kappa shape index (κ2) is 9.16. The Bertz CT molecular complexity index is 951. The Morgan fingerprint density at radius 2 is 1.81 bits per heavy atom. The van der Waals surface area contributed by atoms with Crippen molar-refractivity contribution in [3.8, 4) is 0 Å². The molecule has 3 heterocycles. The lowest BCUT2D eigenvalue weighted by atomic mass is 9.96. The summed E-state index contributed by atoms with van der Waals surface area (Å²) >= 11 is 0. The smallest absolute Gasteiger partial charge is 0.289 e. The van der Waals surface area contributed by atoms with Crippen LogP contribution in [-0.4, -0.2) is 65.0 Å². The summed E-state index contributed by atoms with van der Waals surface area (Å²) in [5.41, 5.74) is -0.419. The summed E-state index contributed by atoms with van der Waals surface area (Å²) in [6, 6.07) is 11.5. The van der Waals surface area contributed by atoms with Crippen LogP contribution in [0.4, 0.5) is 0 Å². The van der Waals surface area contributed by atoms with Gasteiger partial charge in [0.05, 0.1) is 12.9 Å². The molecule has 0 bridgehead atoms. The average Bonchev–Trinajstić information content (AvgIpc) is 3.48. The fourth-order valence-corrected chi connectivity index (χ4v) is 4.34. The van der Waals surface area contributed by atoms with Crippen LogP contribution >= 0.6 is 0 Å². The lowest BCUT2D eigenvalue weighted by molar-refractivity contribution is -0.128. The van der Waals surface area contributed by atoms with E-state index in [9.17, 15) is 14.4 Å². The highest BCUT2D eigenvalue weighted by molar-refractivity contribution is 5.98. The highest BCUT2D eigenvalue weighted by Crippen LogP contribution is 2.38. The van der Waals surface area contributed by atoms with Gasteiger partial charge in [0.2, 0.25) is 5.91 Å². The van der Waals surface area contributed by atoms with E-state index >= 15 is 0 Å². The maximum Gasteiger partial charge on any atom is 0.289 e. The molecule has 1 aromatic carbocycles. The lowest BCUT2D eigenvalue weighted by Crippen LogP contribution is -2.60. The molecule has 0 saturated carbocycles. The van der Waals surface area contributed by atoms with Gasteiger partial charge in [-0.15, -0.1) is 0 Å². The number of benzene rings is 1. The summed E-state index contributed by atoms with van der Waals surface area (Å²) in [7, 11) is 0. The predicted octanol–water partition coefficient (Wildman–Crippen LogP) is 2.67. The maximum atomic E-state index is 13.6. The Kier molecular flexibility index (Phi) is 6.32. The first-order valence-corrected chi connectivity index (χ1v) is 11.1. The second-order valence-corrected chi connectivity index (χ2v) is 8.40. The van der Waals surface area contributed by atoms with Crippen LogP contribution < -0.4 is 5.32 Å². The molecule has 2 unspecified atom stereocenters. The number of carbonyl (C=O) groups excluding carboxylic acids is 3. The lowest BCUT2D eigenvalue weighted by Gasteiger charge is -2.44. The van der Waals surface area contributed by atoms with Crippen LogP contribution in [0.25, 0.3) is 0 Å². The van der Waals surface area contributed by atoms with Crippen molar-refractivity contribution in [1.29, 1.82) is 0 Å². The van der Waals surface area contributed by atoms with Crippen molar-refractivity contribution in [3.05, 3.63) is 60.1 Å². The fourth-order valence-electron chi connectivity index (χ4n) is 4.34. The molecule has 2 aliphatic heterocycles. The zero-order valence-corrected chi connectivity index (χ0v) is 18.5. The van der Waals surface area contributed by atoms with E-state index < -0.39 is 11.8 Å². The number of nitrogens with one attached hydrogen (secondary N) is 1. The molecular weight excluding hydrogens is 410 g/mol. The molecule has 2 saturated heterocycles. The maximum absolute atomic E-state index is 13.6. The first kappa shape index (κ1) is 22.1. The van der Waals surface area contributed by atoms with Crippen molar-refractivity contribution in [2.75, 3.05) is 19.7 Å². The van der Waals surface area contributed by atoms with Gasteiger partial charge in [0.25, 0.3) is 11.8 Å². The molecule has 2 atom stereocenters. The van der Waals surface area contributed by atoms with Gasteiger partial charge in [-0.25, -0.2) is 0 Å². The standard InChI is InChI=1S/C24H29N3O5/c1-3-17(2)25-21(28)19-16-32-24(27(19)22(29)18-8-5-4-6-9-18)11-13-26(14-12-24)23(30)20-10-7-15-31-20/h4-10,15,17,19H,3,11-14,16H2,1-2H3,(H,25,28). The molecule has 2 aliphatic rings. The zero-order chi connectivity index (χ0) is 22.7. The minimum atomic E-state index is -0.926. The van der Waals surface area contributed by atoms with Crippen molar-refractivity contribution in [2.45, 2.75) is 50.9 Å². The van der Waals surface area contributed by atoms with Gasteiger partial charge < -0.3 is 19.4 Å². The SMILES string of the molecule is CCC(C)NC(=O)C1COC2(CCN(C(=O)c3ccco3)CC2)N1C(=O)c1ccccc1. The number of piperidine rings is 1. The minimum Gasteiger partial charge on any atom is -0.459 e. The molecule has 1 aromatic heterocycles. The van der Waals surface area contributed by atoms with Crippen LogP contribution in [0, 0.1) is 0 Å². The number of carbonyl (C=O) groups is 3. The molecule has 8 nitrogen and oxygen atoms in total. The van der Waals surface area contributed by atoms with Gasteiger partial charge in [0, 0.05) is 37.5 Å². The number of rotatable bonds is 5. The quantitative estimate of drug-likeness (QED) is 0.773. The molecule has 4 rings (SSSR count). The highest BCUT2D eigenvalue weighted by atomic mass is 16.5. The fraction of sp³-hybridized carbons (Fsp3) is 0.458. The molecule has 0 radical (unpaired) electrons. The average molecular weight is 440 g/mol. The second-order valence-electron chi connectivity index (χ2n) is 8.40. The number of ether oxygens (including phenoxy) is 1. The molecule has 1 spiro atoms. The summed E-state index contributed by atoms with van der Waals surface area (Å²) in [5.74, 6) is -0.348. The van der Waals surface area contributed by atoms with Crippen molar-refractivity contribution >= 4 is 17.7 Å². The summed E-state index contributed by atoms with van der Waals surface area (Å²) < 4.78 is 11.4. The van der Waals surface area contributed by atoms with Gasteiger partial charge in [0.1, 0.15) is 11.8 Å². The number of furan rings is 1. The Hall–Kier alpha value is -3.13. The first-order chi connectivity index (χ1) is 15.4. The van der Waals surface area contributed by atoms with Crippen molar-refractivity contribution in [2.24, 2.45) is 0 Å². The predicted molar refractivity (Wildman–Crippen MR) is 117 cm³/mol. The van der Waals surface area contributed by atoms with E-state index in [0.29, 0.717) is 31.5 Å². The Morgan fingerprint density at radius 3 is 2.44 bits per heavy atom. The van der Waals surface area contributed by atoms with E-state index in [0.717, 1.165) is 6.42 Å². The Morgan fingerprint density at radius 1 is 1.09 bits per heavy atom. The molecule has 8 heteroatoms. The number of nitrogens with zero attached hydrogens (tertiary/aromatic N) is 2. The molecule has 170 valence electrons. The number of hydrogen-bond donors (Lipinski definition) is 1. The molecule has 0 aliphatic carbocycles. The molecule has 32 heavy (non-hydrogen) atoms. The zero-order valence-electron chi connectivity index (χ0n) is 18.5. The van der Waals surface area contributed by atoms with Crippen LogP contribution in [0.5, 0.6) is 0 Å². The van der Waals surface area contributed by atoms with Crippen molar-refractivity contribution < 1.29 is 23.5 Å². The third kappa shape index (κ3) is 4.14. The molecule has 1 N–H and O–H groups in total. The van der Waals surface area contributed by atoms with Gasteiger partial charge in [0.15, 0.2) is 5.76 Å². The highest BCUT2D eigenvalue weighted by Gasteiger charge is 2.54. The summed E-state index contributed by atoms with van der Waals surface area (Å²) in [4.78, 5) is 42.6. The van der Waals surface area contributed by atoms with E-state index in [1.807, 2.05) is 19.9 Å².